The molecule has 0 spiro atoms. The lowest BCUT2D eigenvalue weighted by molar-refractivity contribution is -0.245. The van der Waals surface area contributed by atoms with Gasteiger partial charge >= 0.3 is 5.97 Å². The molecule has 3 rings (SSSR count). The van der Waals surface area contributed by atoms with Gasteiger partial charge in [0.25, 0.3) is 0 Å². The van der Waals surface area contributed by atoms with Crippen LogP contribution in [0.3, 0.4) is 0 Å². The van der Waals surface area contributed by atoms with E-state index in [1.165, 1.54) is 11.1 Å². The number of carboxylic acids is 1. The summed E-state index contributed by atoms with van der Waals surface area (Å²) in [6, 6.07) is 20.0. The Labute approximate surface area is 190 Å². The van der Waals surface area contributed by atoms with E-state index in [1.807, 2.05) is 43.3 Å². The monoisotopic (exact) mass is 438 g/mol. The highest BCUT2D eigenvalue weighted by Gasteiger charge is 2.13. The van der Waals surface area contributed by atoms with Crippen molar-refractivity contribution in [2.75, 3.05) is 13.7 Å². The first-order valence-corrected chi connectivity index (χ1v) is 10.9. The number of methoxy groups -OCH3 is 1. The van der Waals surface area contributed by atoms with Crippen LogP contribution in [0.15, 0.2) is 60.7 Å². The van der Waals surface area contributed by atoms with Gasteiger partial charge in [0, 0.05) is 5.92 Å². The van der Waals surface area contributed by atoms with Crippen molar-refractivity contribution in [2.45, 2.75) is 46.0 Å². The van der Waals surface area contributed by atoms with Gasteiger partial charge in [-0.25, -0.2) is 4.89 Å². The van der Waals surface area contributed by atoms with Crippen LogP contribution in [-0.2, 0) is 16.1 Å². The van der Waals surface area contributed by atoms with Crippen LogP contribution in [-0.4, -0.2) is 30.0 Å². The molecule has 0 saturated heterocycles. The lowest BCUT2D eigenvalue weighted by atomic mass is 9.97. The summed E-state index contributed by atoms with van der Waals surface area (Å²) in [7, 11) is 1.63. The van der Waals surface area contributed by atoms with Gasteiger partial charge in [0.1, 0.15) is 5.75 Å². The Morgan fingerprint density at radius 1 is 0.875 bits per heavy atom. The summed E-state index contributed by atoms with van der Waals surface area (Å²) in [5.41, 5.74) is 3.39. The number of hydrogen-bond acceptors (Lipinski definition) is 4. The highest BCUT2D eigenvalue weighted by Crippen LogP contribution is 2.25. The summed E-state index contributed by atoms with van der Waals surface area (Å²) >= 11 is 0. The van der Waals surface area contributed by atoms with Gasteiger partial charge in [0.05, 0.1) is 19.6 Å². The number of carbonyl (C=O) groups is 1. The third-order valence-electron chi connectivity index (χ3n) is 5.46. The van der Waals surface area contributed by atoms with Gasteiger partial charge in [-0.15, -0.1) is 0 Å². The van der Waals surface area contributed by atoms with E-state index in [4.69, 9.17) is 15.1 Å². The van der Waals surface area contributed by atoms with E-state index in [-0.39, 0.29) is 5.92 Å². The number of rotatable bonds is 8. The number of carboxylic acid groups (broad SMARTS) is 1. The van der Waals surface area contributed by atoms with Gasteiger partial charge in [-0.05, 0) is 58.9 Å². The Hall–Kier alpha value is -2.89. The number of ether oxygens (including phenoxy) is 1. The van der Waals surface area contributed by atoms with Crippen molar-refractivity contribution in [2.24, 2.45) is 5.92 Å². The number of hydrogen-bond donors (Lipinski definition) is 2. The third-order valence-corrected chi connectivity index (χ3v) is 5.46. The van der Waals surface area contributed by atoms with Gasteiger partial charge < -0.3 is 9.84 Å². The van der Waals surface area contributed by atoms with Gasteiger partial charge in [0.2, 0.25) is 0 Å². The molecule has 2 N–H and O–H groups in total. The normalized spacial score (nSPS) is 12.7. The van der Waals surface area contributed by atoms with Crippen LogP contribution in [0.25, 0.3) is 10.8 Å². The van der Waals surface area contributed by atoms with Crippen molar-refractivity contribution in [1.82, 2.24) is 0 Å². The SMILES string of the molecule is CC(C)Cc1ccc(C(C)COO)cc1.COc1ccc2cc(C(C)C(=O)O)ccc2c1. The molecule has 0 bridgehead atoms. The van der Waals surface area contributed by atoms with Crippen molar-refractivity contribution in [3.05, 3.63) is 77.4 Å². The van der Waals surface area contributed by atoms with E-state index >= 15 is 0 Å². The number of aliphatic carboxylic acids is 1. The second kappa shape index (κ2) is 12.2. The summed E-state index contributed by atoms with van der Waals surface area (Å²) in [5.74, 6) is 0.438. The minimum atomic E-state index is -0.808. The predicted molar refractivity (Wildman–Crippen MR) is 129 cm³/mol. The summed E-state index contributed by atoms with van der Waals surface area (Å²) in [6.07, 6.45) is 1.12. The highest BCUT2D eigenvalue weighted by molar-refractivity contribution is 5.86. The summed E-state index contributed by atoms with van der Waals surface area (Å²) in [4.78, 5) is 15.1. The Morgan fingerprint density at radius 3 is 2.03 bits per heavy atom. The molecule has 0 aliphatic carbocycles. The van der Waals surface area contributed by atoms with E-state index in [0.717, 1.165) is 28.5 Å². The smallest absolute Gasteiger partial charge is 0.310 e. The van der Waals surface area contributed by atoms with Crippen molar-refractivity contribution >= 4 is 16.7 Å². The fourth-order valence-electron chi connectivity index (χ4n) is 3.44. The summed E-state index contributed by atoms with van der Waals surface area (Å²) < 4.78 is 5.14. The molecule has 0 aliphatic heterocycles. The second-order valence-corrected chi connectivity index (χ2v) is 8.57. The van der Waals surface area contributed by atoms with Crippen molar-refractivity contribution in [1.29, 1.82) is 0 Å². The lowest BCUT2D eigenvalue weighted by Gasteiger charge is -2.11. The maximum Gasteiger partial charge on any atom is 0.310 e. The maximum absolute atomic E-state index is 10.9. The van der Waals surface area contributed by atoms with Gasteiger partial charge in [-0.2, -0.15) is 0 Å². The molecule has 0 heterocycles. The number of fused-ring (bicyclic) bond motifs is 1. The highest BCUT2D eigenvalue weighted by atomic mass is 17.1. The topological polar surface area (TPSA) is 76.0 Å². The van der Waals surface area contributed by atoms with Crippen LogP contribution in [0.5, 0.6) is 5.75 Å². The van der Waals surface area contributed by atoms with Crippen LogP contribution in [0, 0.1) is 5.92 Å². The zero-order chi connectivity index (χ0) is 23.7. The molecule has 0 amide bonds. The van der Waals surface area contributed by atoms with E-state index in [0.29, 0.717) is 12.5 Å². The Kier molecular flexibility index (Phi) is 9.69. The van der Waals surface area contributed by atoms with Crippen molar-refractivity contribution < 1.29 is 24.8 Å². The van der Waals surface area contributed by atoms with Crippen LogP contribution >= 0.6 is 0 Å². The molecule has 32 heavy (non-hydrogen) atoms. The first-order valence-electron chi connectivity index (χ1n) is 10.9. The number of benzene rings is 3. The van der Waals surface area contributed by atoms with E-state index in [2.05, 4.69) is 43.0 Å². The summed E-state index contributed by atoms with van der Waals surface area (Å²) in [5, 5.41) is 19.4. The van der Waals surface area contributed by atoms with Gasteiger partial charge in [0.15, 0.2) is 0 Å². The first kappa shape index (κ1) is 25.4. The molecule has 0 aromatic heterocycles. The molecule has 2 atom stereocenters. The molecule has 3 aromatic carbocycles. The second-order valence-electron chi connectivity index (χ2n) is 8.57. The Balaban J connectivity index is 0.000000229. The average Bonchev–Trinajstić information content (AvgIpc) is 2.78. The molecule has 0 saturated carbocycles. The van der Waals surface area contributed by atoms with Crippen LogP contribution < -0.4 is 4.74 Å². The van der Waals surface area contributed by atoms with E-state index in [1.54, 1.807) is 14.0 Å². The van der Waals surface area contributed by atoms with E-state index in [9.17, 15) is 4.79 Å². The standard InChI is InChI=1S/C14H14O3.C13H20O2/c1-9(14(15)16)10-3-4-12-8-13(17-2)6-5-11(12)7-10;1-10(2)8-12-4-6-13(7-5-12)11(3)9-15-14/h3-9H,1-2H3,(H,15,16);4-7,10-11,14H,8-9H2,1-3H3. The molecule has 0 radical (unpaired) electrons. The molecule has 0 aliphatic rings. The van der Waals surface area contributed by atoms with Crippen LogP contribution in [0.1, 0.15) is 56.2 Å². The zero-order valence-corrected chi connectivity index (χ0v) is 19.5. The molecule has 3 aromatic rings. The third kappa shape index (κ3) is 7.36. The van der Waals surface area contributed by atoms with Crippen molar-refractivity contribution in [3.63, 3.8) is 0 Å². The van der Waals surface area contributed by atoms with Gasteiger partial charge in [-0.3, -0.25) is 10.1 Å². The van der Waals surface area contributed by atoms with Gasteiger partial charge in [-0.1, -0.05) is 69.3 Å². The summed E-state index contributed by atoms with van der Waals surface area (Å²) in [6.45, 7) is 8.51. The Morgan fingerprint density at radius 2 is 1.47 bits per heavy atom. The Bertz CT molecular complexity index is 995. The average molecular weight is 439 g/mol. The van der Waals surface area contributed by atoms with Crippen LogP contribution in [0.2, 0.25) is 0 Å². The molecule has 5 heteroatoms. The molecule has 2 unspecified atom stereocenters. The quantitative estimate of drug-likeness (QED) is 0.309. The molecule has 0 fully saturated rings. The predicted octanol–water partition coefficient (Wildman–Crippen LogP) is 6.51. The molecule has 172 valence electrons. The van der Waals surface area contributed by atoms with Crippen molar-refractivity contribution in [3.8, 4) is 5.75 Å². The zero-order valence-electron chi connectivity index (χ0n) is 19.5. The lowest BCUT2D eigenvalue weighted by Crippen LogP contribution is -2.06. The maximum atomic E-state index is 10.9. The minimum absolute atomic E-state index is 0.239. The fraction of sp³-hybridized carbons (Fsp3) is 0.370. The largest absolute Gasteiger partial charge is 0.497 e. The molecular formula is C27H34O5. The van der Waals surface area contributed by atoms with Crippen LogP contribution in [0.4, 0.5) is 0 Å². The minimum Gasteiger partial charge on any atom is -0.497 e. The molecular weight excluding hydrogens is 404 g/mol. The van der Waals surface area contributed by atoms with E-state index < -0.39 is 11.9 Å². The fourth-order valence-corrected chi connectivity index (χ4v) is 3.44. The molecule has 5 nitrogen and oxygen atoms in total. The first-order chi connectivity index (χ1) is 15.2.